The van der Waals surface area contributed by atoms with Gasteiger partial charge in [0.2, 0.25) is 0 Å². The van der Waals surface area contributed by atoms with Gasteiger partial charge >= 0.3 is 21.7 Å². The van der Waals surface area contributed by atoms with Crippen LogP contribution in [-0.4, -0.2) is 15.2 Å². The Balaban J connectivity index is 0.00000144. The quantitative estimate of drug-likeness (QED) is 0.645. The van der Waals surface area contributed by atoms with Gasteiger partial charge in [-0.15, -0.1) is 10.2 Å². The Labute approximate surface area is 113 Å². The van der Waals surface area contributed by atoms with Crippen molar-refractivity contribution in [3.05, 3.63) is 42.6 Å². The number of nitrogens with zero attached hydrogens (tertiary/aromatic N) is 3. The summed E-state index contributed by atoms with van der Waals surface area (Å²) in [6, 6.07) is 9.35. The smallest absolute Gasteiger partial charge is 0.508 e. The zero-order valence-electron chi connectivity index (χ0n) is 8.78. The Morgan fingerprint density at radius 2 is 1.82 bits per heavy atom. The molecule has 0 saturated heterocycles. The molecule has 2 N–H and O–H groups in total. The first-order valence-corrected chi connectivity index (χ1v) is 4.60. The van der Waals surface area contributed by atoms with Crippen molar-refractivity contribution in [2.75, 3.05) is 0 Å². The van der Waals surface area contributed by atoms with Crippen LogP contribution < -0.4 is 0 Å². The summed E-state index contributed by atoms with van der Waals surface area (Å²) in [6.45, 7) is 0. The third-order valence-corrected chi connectivity index (χ3v) is 1.87. The van der Waals surface area contributed by atoms with E-state index in [2.05, 4.69) is 15.2 Å². The predicted octanol–water partition coefficient (Wildman–Crippen LogP) is 2.91. The molecule has 0 radical (unpaired) electrons. The number of rotatable bonds is 2. The van der Waals surface area contributed by atoms with Gasteiger partial charge in [0.1, 0.15) is 17.2 Å². The second-order valence-electron chi connectivity index (χ2n) is 3.06. The summed E-state index contributed by atoms with van der Waals surface area (Å²) in [6.07, 6.45) is 1.60. The van der Waals surface area contributed by atoms with E-state index in [0.717, 1.165) is 0 Å². The maximum Gasteiger partial charge on any atom is 4.00 e. The molecule has 17 heavy (non-hydrogen) atoms. The van der Waals surface area contributed by atoms with Gasteiger partial charge in [0.15, 0.2) is 5.82 Å². The summed E-state index contributed by atoms with van der Waals surface area (Å²) >= 11 is 0. The average Bonchev–Trinajstić information content (AvgIpc) is 2.29. The Morgan fingerprint density at radius 1 is 1.00 bits per heavy atom. The van der Waals surface area contributed by atoms with E-state index in [9.17, 15) is 5.11 Å². The summed E-state index contributed by atoms with van der Waals surface area (Å²) in [4.78, 5) is 3.95. The topological polar surface area (TPSA) is 78.1 Å². The van der Waals surface area contributed by atoms with E-state index in [4.69, 9.17) is 5.11 Å². The molecule has 0 aliphatic rings. The molecular formula is C11H9N3O2Ti+4. The van der Waals surface area contributed by atoms with Crippen molar-refractivity contribution in [3.8, 4) is 11.5 Å². The first-order valence-electron chi connectivity index (χ1n) is 4.60. The number of pyridine rings is 1. The molecule has 0 aliphatic heterocycles. The third-order valence-electron chi connectivity index (χ3n) is 1.87. The van der Waals surface area contributed by atoms with Crippen LogP contribution in [0.3, 0.4) is 0 Å². The summed E-state index contributed by atoms with van der Waals surface area (Å²) in [5, 5.41) is 26.2. The molecule has 1 aromatic carbocycles. The number of benzene rings is 1. The minimum atomic E-state index is -0.125. The van der Waals surface area contributed by atoms with Crippen molar-refractivity contribution >= 4 is 11.5 Å². The fourth-order valence-corrected chi connectivity index (χ4v) is 1.11. The number of phenols is 2. The Kier molecular flexibility index (Phi) is 4.81. The summed E-state index contributed by atoms with van der Waals surface area (Å²) < 4.78 is 0. The third kappa shape index (κ3) is 3.66. The Bertz CT molecular complexity index is 517. The zero-order valence-corrected chi connectivity index (χ0v) is 10.3. The van der Waals surface area contributed by atoms with Crippen LogP contribution in [0.2, 0.25) is 0 Å². The van der Waals surface area contributed by atoms with Crippen molar-refractivity contribution in [2.24, 2.45) is 10.2 Å². The number of aromatic nitrogens is 1. The van der Waals surface area contributed by atoms with Gasteiger partial charge in [-0.1, -0.05) is 6.07 Å². The van der Waals surface area contributed by atoms with Crippen molar-refractivity contribution in [1.82, 2.24) is 4.98 Å². The fraction of sp³-hybridized carbons (Fsp3) is 0. The number of hydrogen-bond donors (Lipinski definition) is 2. The average molecular weight is 263 g/mol. The van der Waals surface area contributed by atoms with E-state index in [1.807, 2.05) is 0 Å². The van der Waals surface area contributed by atoms with Crippen molar-refractivity contribution in [1.29, 1.82) is 0 Å². The zero-order chi connectivity index (χ0) is 11.4. The van der Waals surface area contributed by atoms with Crippen LogP contribution in [0.25, 0.3) is 0 Å². The maximum absolute atomic E-state index is 9.44. The molecule has 0 unspecified atom stereocenters. The fourth-order valence-electron chi connectivity index (χ4n) is 1.11. The van der Waals surface area contributed by atoms with Gasteiger partial charge in [-0.2, -0.15) is 0 Å². The van der Waals surface area contributed by atoms with Gasteiger partial charge in [-0.05, 0) is 24.3 Å². The van der Waals surface area contributed by atoms with E-state index < -0.39 is 0 Å². The minimum Gasteiger partial charge on any atom is -0.508 e. The van der Waals surface area contributed by atoms with Crippen LogP contribution in [0.15, 0.2) is 52.8 Å². The molecule has 0 bridgehead atoms. The van der Waals surface area contributed by atoms with Crippen LogP contribution in [0, 0.1) is 0 Å². The van der Waals surface area contributed by atoms with E-state index in [1.54, 1.807) is 24.4 Å². The van der Waals surface area contributed by atoms with Crippen LogP contribution in [0.5, 0.6) is 11.5 Å². The van der Waals surface area contributed by atoms with Gasteiger partial charge in [0.25, 0.3) is 0 Å². The number of aromatic hydroxyl groups is 2. The minimum absolute atomic E-state index is 0. The normalized spacial score (nSPS) is 10.1. The van der Waals surface area contributed by atoms with Crippen LogP contribution in [0.1, 0.15) is 0 Å². The molecule has 0 fully saturated rings. The van der Waals surface area contributed by atoms with E-state index >= 15 is 0 Å². The molecule has 0 spiro atoms. The standard InChI is InChI=1S/C11H9N3O2.Ti/c15-8-4-5-9(10(16)7-8)13-14-11-3-1-2-6-12-11;/h1-7,15-16H;/q;+4. The summed E-state index contributed by atoms with van der Waals surface area (Å²) in [7, 11) is 0. The molecule has 5 nitrogen and oxygen atoms in total. The van der Waals surface area contributed by atoms with Gasteiger partial charge < -0.3 is 10.2 Å². The van der Waals surface area contributed by atoms with Gasteiger partial charge in [-0.3, -0.25) is 0 Å². The molecule has 2 rings (SSSR count). The predicted molar refractivity (Wildman–Crippen MR) is 58.2 cm³/mol. The van der Waals surface area contributed by atoms with E-state index in [-0.39, 0.29) is 38.9 Å². The van der Waals surface area contributed by atoms with Gasteiger partial charge in [0, 0.05) is 12.3 Å². The SMILES string of the molecule is Oc1ccc(N=Nc2ccccn2)c(O)c1.[Ti+4]. The molecule has 2 aromatic rings. The Morgan fingerprint density at radius 3 is 2.47 bits per heavy atom. The molecule has 0 saturated carbocycles. The molecule has 1 heterocycles. The summed E-state index contributed by atoms with van der Waals surface area (Å²) in [5.41, 5.74) is 0.281. The first kappa shape index (κ1) is 13.3. The van der Waals surface area contributed by atoms with Gasteiger partial charge in [0.05, 0.1) is 0 Å². The number of azo groups is 1. The van der Waals surface area contributed by atoms with E-state index in [1.165, 1.54) is 18.2 Å². The monoisotopic (exact) mass is 263 g/mol. The second kappa shape index (κ2) is 6.13. The molecule has 0 atom stereocenters. The van der Waals surface area contributed by atoms with Crippen molar-refractivity contribution in [3.63, 3.8) is 0 Å². The largest absolute Gasteiger partial charge is 4.00 e. The van der Waals surface area contributed by atoms with Crippen LogP contribution in [-0.2, 0) is 21.7 Å². The molecule has 0 aliphatic carbocycles. The molecule has 6 heteroatoms. The molecule has 1 aromatic heterocycles. The second-order valence-corrected chi connectivity index (χ2v) is 3.06. The van der Waals surface area contributed by atoms with Gasteiger partial charge in [-0.25, -0.2) is 4.98 Å². The maximum atomic E-state index is 9.44. The Hall–Kier alpha value is -1.72. The molecular weight excluding hydrogens is 254 g/mol. The molecule has 0 amide bonds. The first-order chi connectivity index (χ1) is 7.75. The van der Waals surface area contributed by atoms with E-state index in [0.29, 0.717) is 5.82 Å². The van der Waals surface area contributed by atoms with Crippen molar-refractivity contribution < 1.29 is 31.9 Å². The number of phenolic OH excluding ortho intramolecular Hbond substituents is 2. The molecule has 80 valence electrons. The van der Waals surface area contributed by atoms with Crippen LogP contribution >= 0.6 is 0 Å². The number of hydrogen-bond acceptors (Lipinski definition) is 5. The van der Waals surface area contributed by atoms with Crippen LogP contribution in [0.4, 0.5) is 11.5 Å². The van der Waals surface area contributed by atoms with Crippen molar-refractivity contribution in [2.45, 2.75) is 0 Å². The summed E-state index contributed by atoms with van der Waals surface area (Å²) in [5.74, 6) is 0.309.